The number of carbonyl (C=O) groups is 1. The molecule has 0 aliphatic carbocycles. The molecule has 1 aromatic carbocycles. The van der Waals surface area contributed by atoms with Crippen LogP contribution in [-0.2, 0) is 0 Å². The van der Waals surface area contributed by atoms with E-state index < -0.39 is 5.91 Å². The van der Waals surface area contributed by atoms with E-state index in [0.29, 0.717) is 16.1 Å². The Balaban J connectivity index is 2.09. The number of nitrogens with one attached hydrogen (secondary N) is 1. The minimum absolute atomic E-state index is 0.109. The van der Waals surface area contributed by atoms with Gasteiger partial charge in [-0.1, -0.05) is 23.2 Å². The quantitative estimate of drug-likeness (QED) is 0.673. The molecule has 0 radical (unpaired) electrons. The molecule has 21 heavy (non-hydrogen) atoms. The summed E-state index contributed by atoms with van der Waals surface area (Å²) in [5.41, 5.74) is 3.82. The molecule has 0 aliphatic heterocycles. The smallest absolute Gasteiger partial charge is 0.272 e. The summed E-state index contributed by atoms with van der Waals surface area (Å²) in [5.74, 6) is -0.567. The van der Waals surface area contributed by atoms with Gasteiger partial charge in [-0.25, -0.2) is 5.43 Å². The highest BCUT2D eigenvalue weighted by atomic mass is 35.5. The van der Waals surface area contributed by atoms with Gasteiger partial charge in [0.1, 0.15) is 5.75 Å². The average Bonchev–Trinajstić information content (AvgIpc) is 2.44. The van der Waals surface area contributed by atoms with Crippen molar-refractivity contribution in [3.05, 3.63) is 57.3 Å². The molecule has 1 amide bonds. The lowest BCUT2D eigenvalue weighted by atomic mass is 10.2. The number of carbonyl (C=O) groups excluding carboxylic acids is 1. The van der Waals surface area contributed by atoms with Crippen LogP contribution in [0.2, 0.25) is 10.0 Å². The Morgan fingerprint density at radius 1 is 1.38 bits per heavy atom. The van der Waals surface area contributed by atoms with E-state index >= 15 is 0 Å². The lowest BCUT2D eigenvalue weighted by Crippen LogP contribution is -2.17. The Morgan fingerprint density at radius 3 is 2.81 bits per heavy atom. The van der Waals surface area contributed by atoms with Gasteiger partial charge in [-0.05, 0) is 31.2 Å². The number of hydrogen-bond donors (Lipinski definition) is 2. The maximum Gasteiger partial charge on any atom is 0.272 e. The average molecular weight is 324 g/mol. The molecule has 0 atom stereocenters. The first kappa shape index (κ1) is 15.3. The number of aromatic nitrogens is 1. The lowest BCUT2D eigenvalue weighted by molar-refractivity contribution is 0.0954. The van der Waals surface area contributed by atoms with E-state index in [1.807, 2.05) is 6.92 Å². The summed E-state index contributed by atoms with van der Waals surface area (Å²) >= 11 is 11.6. The molecule has 0 unspecified atom stereocenters. The van der Waals surface area contributed by atoms with E-state index in [2.05, 4.69) is 15.5 Å². The predicted molar refractivity (Wildman–Crippen MR) is 82.2 cm³/mol. The normalized spacial score (nSPS) is 10.8. The van der Waals surface area contributed by atoms with Crippen LogP contribution in [0.5, 0.6) is 5.75 Å². The number of phenolic OH excluding ortho intramolecular Hbond substituents is 1. The molecule has 7 heteroatoms. The molecule has 0 saturated heterocycles. The summed E-state index contributed by atoms with van der Waals surface area (Å²) in [6, 6.07) is 6.25. The van der Waals surface area contributed by atoms with E-state index in [0.717, 1.165) is 5.69 Å². The maximum absolute atomic E-state index is 11.8. The van der Waals surface area contributed by atoms with Gasteiger partial charge in [0, 0.05) is 22.5 Å². The monoisotopic (exact) mass is 323 g/mol. The second kappa shape index (κ2) is 6.56. The van der Waals surface area contributed by atoms with Crippen molar-refractivity contribution < 1.29 is 9.90 Å². The molecule has 108 valence electrons. The van der Waals surface area contributed by atoms with Crippen molar-refractivity contribution in [3.8, 4) is 5.75 Å². The number of rotatable bonds is 3. The number of halogens is 2. The number of pyridine rings is 1. The number of hydrogen-bond acceptors (Lipinski definition) is 4. The van der Waals surface area contributed by atoms with Gasteiger partial charge < -0.3 is 5.11 Å². The molecule has 1 heterocycles. The number of benzene rings is 1. The highest BCUT2D eigenvalue weighted by Gasteiger charge is 2.07. The Labute approximate surface area is 131 Å². The van der Waals surface area contributed by atoms with Crippen molar-refractivity contribution in [2.75, 3.05) is 0 Å². The second-order valence-electron chi connectivity index (χ2n) is 4.21. The molecule has 2 N–H and O–H groups in total. The summed E-state index contributed by atoms with van der Waals surface area (Å²) in [5, 5.41) is 13.9. The molecular weight excluding hydrogens is 313 g/mol. The summed E-state index contributed by atoms with van der Waals surface area (Å²) < 4.78 is 0. The minimum Gasteiger partial charge on any atom is -0.506 e. The van der Waals surface area contributed by atoms with E-state index in [9.17, 15) is 9.90 Å². The number of phenols is 1. The van der Waals surface area contributed by atoms with Crippen LogP contribution in [-0.4, -0.2) is 22.2 Å². The number of aryl methyl sites for hydroxylation is 1. The first-order valence-electron chi connectivity index (χ1n) is 5.91. The molecular formula is C14H11Cl2N3O2. The fourth-order valence-corrected chi connectivity index (χ4v) is 2.02. The molecule has 0 bridgehead atoms. The van der Waals surface area contributed by atoms with Crippen molar-refractivity contribution >= 4 is 35.3 Å². The van der Waals surface area contributed by atoms with Crippen LogP contribution >= 0.6 is 23.2 Å². The van der Waals surface area contributed by atoms with Gasteiger partial charge in [-0.15, -0.1) is 0 Å². The van der Waals surface area contributed by atoms with Crippen LogP contribution in [0.4, 0.5) is 0 Å². The van der Waals surface area contributed by atoms with Crippen molar-refractivity contribution in [2.24, 2.45) is 5.10 Å². The van der Waals surface area contributed by atoms with Gasteiger partial charge in [-0.3, -0.25) is 9.78 Å². The van der Waals surface area contributed by atoms with Gasteiger partial charge in [0.05, 0.1) is 16.8 Å². The van der Waals surface area contributed by atoms with Crippen LogP contribution in [0.25, 0.3) is 0 Å². The van der Waals surface area contributed by atoms with E-state index in [1.165, 1.54) is 24.5 Å². The molecule has 0 saturated carbocycles. The first-order chi connectivity index (χ1) is 9.97. The highest BCUT2D eigenvalue weighted by Crippen LogP contribution is 2.29. The zero-order valence-electron chi connectivity index (χ0n) is 11.0. The van der Waals surface area contributed by atoms with E-state index in [-0.39, 0.29) is 10.8 Å². The van der Waals surface area contributed by atoms with Crippen LogP contribution in [0.15, 0.2) is 35.6 Å². The molecule has 0 fully saturated rings. The van der Waals surface area contributed by atoms with Crippen molar-refractivity contribution in [1.82, 2.24) is 10.4 Å². The molecule has 2 rings (SSSR count). The Morgan fingerprint density at radius 2 is 2.14 bits per heavy atom. The number of hydrazone groups is 1. The summed E-state index contributed by atoms with van der Waals surface area (Å²) in [6.07, 6.45) is 2.71. The number of amides is 1. The SMILES string of the molecule is Cc1ccc(C(=O)N/N=C\c2cc(Cl)cc(Cl)c2O)cn1. The molecule has 0 spiro atoms. The van der Waals surface area contributed by atoms with Crippen molar-refractivity contribution in [3.63, 3.8) is 0 Å². The third-order valence-electron chi connectivity index (χ3n) is 2.60. The summed E-state index contributed by atoms with van der Waals surface area (Å²) in [4.78, 5) is 15.8. The largest absolute Gasteiger partial charge is 0.506 e. The van der Waals surface area contributed by atoms with Crippen LogP contribution in [0.1, 0.15) is 21.6 Å². The summed E-state index contributed by atoms with van der Waals surface area (Å²) in [7, 11) is 0. The van der Waals surface area contributed by atoms with Crippen molar-refractivity contribution in [1.29, 1.82) is 0 Å². The maximum atomic E-state index is 11.8. The second-order valence-corrected chi connectivity index (χ2v) is 5.06. The third kappa shape index (κ3) is 3.93. The molecule has 0 aliphatic rings. The van der Waals surface area contributed by atoms with Gasteiger partial charge in [0.2, 0.25) is 0 Å². The topological polar surface area (TPSA) is 74.6 Å². The fraction of sp³-hybridized carbons (Fsp3) is 0.0714. The Kier molecular flexibility index (Phi) is 4.77. The Hall–Kier alpha value is -2.11. The van der Waals surface area contributed by atoms with E-state index in [4.69, 9.17) is 23.2 Å². The van der Waals surface area contributed by atoms with Crippen LogP contribution < -0.4 is 5.43 Å². The van der Waals surface area contributed by atoms with Gasteiger partial charge in [0.15, 0.2) is 0 Å². The first-order valence-corrected chi connectivity index (χ1v) is 6.67. The zero-order chi connectivity index (χ0) is 15.4. The zero-order valence-corrected chi connectivity index (χ0v) is 12.5. The minimum atomic E-state index is -0.411. The molecule has 1 aromatic heterocycles. The molecule has 5 nitrogen and oxygen atoms in total. The van der Waals surface area contributed by atoms with Crippen LogP contribution in [0, 0.1) is 6.92 Å². The molecule has 2 aromatic rings. The van der Waals surface area contributed by atoms with Crippen LogP contribution in [0.3, 0.4) is 0 Å². The fourth-order valence-electron chi connectivity index (χ4n) is 1.51. The summed E-state index contributed by atoms with van der Waals surface area (Å²) in [6.45, 7) is 1.82. The predicted octanol–water partition coefficient (Wildman–Crippen LogP) is 3.17. The standard InChI is InChI=1S/C14H11Cl2N3O2/c1-8-2-3-9(6-17-8)14(21)19-18-7-10-4-11(15)5-12(16)13(10)20/h2-7,20H,1H3,(H,19,21)/b18-7-. The third-order valence-corrected chi connectivity index (χ3v) is 3.11. The van der Waals surface area contributed by atoms with Gasteiger partial charge in [-0.2, -0.15) is 5.10 Å². The lowest BCUT2D eigenvalue weighted by Gasteiger charge is -2.03. The van der Waals surface area contributed by atoms with Crippen molar-refractivity contribution in [2.45, 2.75) is 6.92 Å². The highest BCUT2D eigenvalue weighted by molar-refractivity contribution is 6.36. The number of aromatic hydroxyl groups is 1. The van der Waals surface area contributed by atoms with Gasteiger partial charge >= 0.3 is 0 Å². The Bertz CT molecular complexity index is 700. The van der Waals surface area contributed by atoms with E-state index in [1.54, 1.807) is 12.1 Å². The van der Waals surface area contributed by atoms with Gasteiger partial charge in [0.25, 0.3) is 5.91 Å². The number of nitrogens with zero attached hydrogens (tertiary/aromatic N) is 2.